The van der Waals surface area contributed by atoms with Crippen LogP contribution in [0.25, 0.3) is 10.1 Å². The maximum atomic E-state index is 12.5. The number of carbonyl (C=O) groups excluding carboxylic acids is 1. The second-order valence-corrected chi connectivity index (χ2v) is 6.98. The van der Waals surface area contributed by atoms with E-state index in [0.717, 1.165) is 11.3 Å². The van der Waals surface area contributed by atoms with Crippen LogP contribution in [0.5, 0.6) is 0 Å². The van der Waals surface area contributed by atoms with Crippen LogP contribution in [-0.2, 0) is 0 Å². The Morgan fingerprint density at radius 1 is 1.17 bits per heavy atom. The van der Waals surface area contributed by atoms with Crippen LogP contribution in [0.3, 0.4) is 0 Å². The Balaban J connectivity index is 2.04. The molecule has 3 aromatic rings. The van der Waals surface area contributed by atoms with Gasteiger partial charge in [0, 0.05) is 16.5 Å². The minimum Gasteiger partial charge on any atom is -0.320 e. The molecule has 0 saturated heterocycles. The molecule has 0 fully saturated rings. The van der Waals surface area contributed by atoms with Crippen molar-refractivity contribution in [1.82, 2.24) is 0 Å². The van der Waals surface area contributed by atoms with Crippen molar-refractivity contribution in [3.63, 3.8) is 0 Å². The largest absolute Gasteiger partial charge is 0.320 e. The fourth-order valence-corrected chi connectivity index (χ4v) is 3.96. The number of non-ortho nitro benzene ring substituents is 1. The van der Waals surface area contributed by atoms with Crippen molar-refractivity contribution in [2.45, 2.75) is 0 Å². The molecule has 0 bridgehead atoms. The van der Waals surface area contributed by atoms with E-state index in [0.29, 0.717) is 25.8 Å². The average Bonchev–Trinajstić information content (AvgIpc) is 2.88. The minimum absolute atomic E-state index is 0.0979. The molecule has 0 aliphatic carbocycles. The fourth-order valence-electron chi connectivity index (χ4n) is 2.14. The van der Waals surface area contributed by atoms with E-state index < -0.39 is 10.8 Å². The van der Waals surface area contributed by atoms with Gasteiger partial charge in [-0.3, -0.25) is 14.9 Å². The number of fused-ring (bicyclic) bond motifs is 1. The Bertz CT molecular complexity index is 987. The highest BCUT2D eigenvalue weighted by molar-refractivity contribution is 7.22. The lowest BCUT2D eigenvalue weighted by Gasteiger charge is -2.06. The molecule has 1 aromatic heterocycles. The number of nitrogens with one attached hydrogen (secondary N) is 1. The number of benzene rings is 2. The Morgan fingerprint density at radius 2 is 1.92 bits per heavy atom. The van der Waals surface area contributed by atoms with Crippen LogP contribution < -0.4 is 5.32 Å². The van der Waals surface area contributed by atoms with Gasteiger partial charge in [0.2, 0.25) is 0 Å². The van der Waals surface area contributed by atoms with E-state index in [2.05, 4.69) is 5.32 Å². The minimum atomic E-state index is -0.514. The van der Waals surface area contributed by atoms with Crippen molar-refractivity contribution in [3.8, 4) is 0 Å². The van der Waals surface area contributed by atoms with Crippen LogP contribution >= 0.6 is 46.1 Å². The summed E-state index contributed by atoms with van der Waals surface area (Å²) < 4.78 is 0.342. The number of rotatable bonds is 3. The van der Waals surface area contributed by atoms with E-state index in [-0.39, 0.29) is 15.6 Å². The molecule has 0 radical (unpaired) electrons. The third-order valence-corrected chi connectivity index (χ3v) is 5.51. The van der Waals surface area contributed by atoms with Crippen molar-refractivity contribution in [3.05, 3.63) is 66.5 Å². The first-order valence-electron chi connectivity index (χ1n) is 6.50. The summed E-state index contributed by atoms with van der Waals surface area (Å²) in [5.41, 5.74) is 0.233. The molecule has 1 N–H and O–H groups in total. The van der Waals surface area contributed by atoms with Crippen LogP contribution in [0.2, 0.25) is 15.1 Å². The SMILES string of the molecule is O=C(Nc1cc(Cl)ccc1Cl)c1sc2c([N+](=O)[O-])cccc2c1Cl. The molecule has 0 aliphatic heterocycles. The lowest BCUT2D eigenvalue weighted by Crippen LogP contribution is -2.11. The molecule has 1 heterocycles. The van der Waals surface area contributed by atoms with Gasteiger partial charge in [0.1, 0.15) is 9.58 Å². The van der Waals surface area contributed by atoms with E-state index >= 15 is 0 Å². The number of nitro groups is 1. The Morgan fingerprint density at radius 3 is 2.62 bits per heavy atom. The van der Waals surface area contributed by atoms with Crippen LogP contribution in [-0.4, -0.2) is 10.8 Å². The van der Waals surface area contributed by atoms with Gasteiger partial charge in [0.05, 0.1) is 20.7 Å². The number of hydrogen-bond donors (Lipinski definition) is 1. The molecule has 0 atom stereocenters. The molecule has 0 aliphatic rings. The van der Waals surface area contributed by atoms with Crippen molar-refractivity contribution in [2.75, 3.05) is 5.32 Å². The number of carbonyl (C=O) groups is 1. The molecular formula is C15H7Cl3N2O3S. The molecule has 122 valence electrons. The summed E-state index contributed by atoms with van der Waals surface area (Å²) in [6.45, 7) is 0. The van der Waals surface area contributed by atoms with Crippen molar-refractivity contribution in [2.24, 2.45) is 0 Å². The van der Waals surface area contributed by atoms with Gasteiger partial charge in [0.15, 0.2) is 0 Å². The van der Waals surface area contributed by atoms with Gasteiger partial charge in [-0.1, -0.05) is 46.9 Å². The normalized spacial score (nSPS) is 10.8. The summed E-state index contributed by atoms with van der Waals surface area (Å²) in [7, 11) is 0. The average molecular weight is 402 g/mol. The van der Waals surface area contributed by atoms with Gasteiger partial charge in [-0.25, -0.2) is 0 Å². The second-order valence-electron chi connectivity index (χ2n) is 4.73. The smallest absolute Gasteiger partial charge is 0.287 e. The van der Waals surface area contributed by atoms with E-state index in [4.69, 9.17) is 34.8 Å². The molecule has 0 spiro atoms. The Hall–Kier alpha value is -1.86. The molecule has 5 nitrogen and oxygen atoms in total. The maximum absolute atomic E-state index is 12.5. The van der Waals surface area contributed by atoms with Crippen molar-refractivity contribution < 1.29 is 9.72 Å². The number of anilines is 1. The molecule has 24 heavy (non-hydrogen) atoms. The van der Waals surface area contributed by atoms with Crippen LogP contribution in [0.15, 0.2) is 36.4 Å². The molecule has 2 aromatic carbocycles. The summed E-state index contributed by atoms with van der Waals surface area (Å²) in [5, 5.41) is 15.1. The first-order chi connectivity index (χ1) is 11.4. The Labute approximate surface area is 154 Å². The van der Waals surface area contributed by atoms with Crippen molar-refractivity contribution in [1.29, 1.82) is 0 Å². The highest BCUT2D eigenvalue weighted by Gasteiger charge is 2.23. The summed E-state index contributed by atoms with van der Waals surface area (Å²) in [4.78, 5) is 23.3. The number of halogens is 3. The van der Waals surface area contributed by atoms with Gasteiger partial charge in [-0.05, 0) is 18.2 Å². The Kier molecular flexibility index (Phi) is 4.64. The van der Waals surface area contributed by atoms with Gasteiger partial charge in [-0.2, -0.15) is 0 Å². The second kappa shape index (κ2) is 6.57. The fraction of sp³-hybridized carbons (Fsp3) is 0. The van der Waals surface area contributed by atoms with E-state index in [9.17, 15) is 14.9 Å². The van der Waals surface area contributed by atoms with Crippen molar-refractivity contribution >= 4 is 73.5 Å². The van der Waals surface area contributed by atoms with Gasteiger partial charge in [0.25, 0.3) is 11.6 Å². The van der Waals surface area contributed by atoms with Crippen LogP contribution in [0.4, 0.5) is 11.4 Å². The number of thiophene rings is 1. The zero-order valence-corrected chi connectivity index (χ0v) is 14.8. The first kappa shape index (κ1) is 17.0. The summed E-state index contributed by atoms with van der Waals surface area (Å²) in [6.07, 6.45) is 0. The number of nitro benzene ring substituents is 1. The molecule has 9 heteroatoms. The number of amides is 1. The maximum Gasteiger partial charge on any atom is 0.287 e. The quantitative estimate of drug-likeness (QED) is 0.430. The zero-order valence-electron chi connectivity index (χ0n) is 11.7. The summed E-state index contributed by atoms with van der Waals surface area (Å²) in [5.74, 6) is -0.514. The van der Waals surface area contributed by atoms with Crippen LogP contribution in [0.1, 0.15) is 9.67 Å². The number of nitrogens with zero attached hydrogens (tertiary/aromatic N) is 1. The van der Waals surface area contributed by atoms with E-state index in [1.54, 1.807) is 18.2 Å². The lowest BCUT2D eigenvalue weighted by atomic mass is 10.2. The van der Waals surface area contributed by atoms with Gasteiger partial charge < -0.3 is 5.32 Å². The predicted molar refractivity (Wildman–Crippen MR) is 97.9 cm³/mol. The predicted octanol–water partition coefficient (Wildman–Crippen LogP) is 6.02. The van der Waals surface area contributed by atoms with Crippen LogP contribution in [0, 0.1) is 10.1 Å². The monoisotopic (exact) mass is 400 g/mol. The summed E-state index contributed by atoms with van der Waals surface area (Å²) in [6, 6.07) is 9.17. The number of hydrogen-bond acceptors (Lipinski definition) is 4. The van der Waals surface area contributed by atoms with Gasteiger partial charge >= 0.3 is 0 Å². The molecule has 3 rings (SSSR count). The van der Waals surface area contributed by atoms with E-state index in [1.165, 1.54) is 18.2 Å². The molecule has 1 amide bonds. The molecule has 0 saturated carbocycles. The first-order valence-corrected chi connectivity index (χ1v) is 8.45. The molecule has 0 unspecified atom stereocenters. The highest BCUT2D eigenvalue weighted by atomic mass is 35.5. The zero-order chi connectivity index (χ0) is 17.4. The standard InChI is InChI=1S/C15H7Cl3N2O3S/c16-7-4-5-9(17)10(6-7)19-15(21)14-12(18)8-2-1-3-11(20(22)23)13(8)24-14/h1-6H,(H,19,21). The highest BCUT2D eigenvalue weighted by Crippen LogP contribution is 2.40. The topological polar surface area (TPSA) is 72.2 Å². The third-order valence-electron chi connectivity index (χ3n) is 3.21. The van der Waals surface area contributed by atoms with Gasteiger partial charge in [-0.15, -0.1) is 11.3 Å². The van der Waals surface area contributed by atoms with E-state index in [1.807, 2.05) is 0 Å². The third kappa shape index (κ3) is 3.06. The lowest BCUT2D eigenvalue weighted by molar-refractivity contribution is -0.382. The molecular weight excluding hydrogens is 395 g/mol. The summed E-state index contributed by atoms with van der Waals surface area (Å²) >= 11 is 19.1.